The fraction of sp³-hybridized carbons (Fsp3) is 0.429. The lowest BCUT2D eigenvalue weighted by atomic mass is 9.77. The molecule has 0 bridgehead atoms. The van der Waals surface area contributed by atoms with Crippen LogP contribution < -0.4 is 0 Å². The lowest BCUT2D eigenvalue weighted by Crippen LogP contribution is -2.20. The molecule has 1 N–H and O–H groups in total. The molecule has 0 saturated carbocycles. The van der Waals surface area contributed by atoms with Gasteiger partial charge in [-0.2, -0.15) is 0 Å². The summed E-state index contributed by atoms with van der Waals surface area (Å²) in [6.45, 7) is 12.9. The molecular formula is C21H26ClN3O. The van der Waals surface area contributed by atoms with E-state index in [-0.39, 0.29) is 16.6 Å². The lowest BCUT2D eigenvalue weighted by Gasteiger charge is -2.29. The maximum atomic E-state index is 11.0. The molecule has 26 heavy (non-hydrogen) atoms. The number of fused-ring (bicyclic) bond motifs is 1. The predicted molar refractivity (Wildman–Crippen MR) is 108 cm³/mol. The number of hydrogen-bond donors (Lipinski definition) is 1. The predicted octanol–water partition coefficient (Wildman–Crippen LogP) is 5.76. The third-order valence-corrected chi connectivity index (χ3v) is 5.36. The molecule has 0 saturated heterocycles. The molecule has 0 unspecified atom stereocenters. The molecule has 3 aromatic rings. The third-order valence-electron chi connectivity index (χ3n) is 5.12. The van der Waals surface area contributed by atoms with Crippen molar-refractivity contribution in [2.24, 2.45) is 0 Å². The van der Waals surface area contributed by atoms with Crippen molar-refractivity contribution in [3.05, 3.63) is 46.5 Å². The first-order chi connectivity index (χ1) is 12.0. The molecule has 0 aliphatic carbocycles. The van der Waals surface area contributed by atoms with Crippen molar-refractivity contribution >= 4 is 22.6 Å². The van der Waals surface area contributed by atoms with Crippen LogP contribution in [-0.4, -0.2) is 20.1 Å². The summed E-state index contributed by atoms with van der Waals surface area (Å²) < 4.78 is 0. The van der Waals surface area contributed by atoms with Crippen LogP contribution >= 0.6 is 11.6 Å². The van der Waals surface area contributed by atoms with Crippen LogP contribution in [0, 0.1) is 0 Å². The zero-order chi connectivity index (χ0) is 19.3. The average molecular weight is 372 g/mol. The summed E-state index contributed by atoms with van der Waals surface area (Å²) in [5, 5.41) is 20.7. The number of rotatable bonds is 3. The van der Waals surface area contributed by atoms with Crippen LogP contribution in [0.4, 0.5) is 0 Å². The van der Waals surface area contributed by atoms with E-state index < -0.39 is 0 Å². The summed E-state index contributed by atoms with van der Waals surface area (Å²) in [6, 6.07) is 9.52. The van der Waals surface area contributed by atoms with E-state index in [9.17, 15) is 5.11 Å². The van der Waals surface area contributed by atoms with E-state index in [1.165, 1.54) is 4.80 Å². The van der Waals surface area contributed by atoms with Gasteiger partial charge in [0.2, 0.25) is 0 Å². The first-order valence-electron chi connectivity index (χ1n) is 8.94. The Bertz CT molecular complexity index is 967. The van der Waals surface area contributed by atoms with Gasteiger partial charge in [-0.1, -0.05) is 59.2 Å². The average Bonchev–Trinajstić information content (AvgIpc) is 2.96. The van der Waals surface area contributed by atoms with E-state index in [4.69, 9.17) is 11.6 Å². The van der Waals surface area contributed by atoms with Gasteiger partial charge in [0.1, 0.15) is 22.5 Å². The lowest BCUT2D eigenvalue weighted by molar-refractivity contribution is 0.436. The van der Waals surface area contributed by atoms with E-state index in [0.717, 1.165) is 23.1 Å². The molecule has 0 aliphatic heterocycles. The first-order valence-corrected chi connectivity index (χ1v) is 9.31. The molecule has 0 amide bonds. The third kappa shape index (κ3) is 3.30. The van der Waals surface area contributed by atoms with Gasteiger partial charge in [0, 0.05) is 10.6 Å². The highest BCUT2D eigenvalue weighted by molar-refractivity contribution is 6.31. The van der Waals surface area contributed by atoms with Gasteiger partial charge in [-0.3, -0.25) is 0 Å². The summed E-state index contributed by atoms with van der Waals surface area (Å²) in [5.74, 6) is 0.222. The van der Waals surface area contributed by atoms with E-state index >= 15 is 0 Å². The second-order valence-electron chi connectivity index (χ2n) is 8.50. The molecule has 0 radical (unpaired) electrons. The number of aromatic nitrogens is 3. The Balaban J connectivity index is 2.29. The van der Waals surface area contributed by atoms with Crippen LogP contribution in [0.3, 0.4) is 0 Å². The molecule has 4 nitrogen and oxygen atoms in total. The molecule has 3 rings (SSSR count). The van der Waals surface area contributed by atoms with Crippen molar-refractivity contribution in [1.29, 1.82) is 0 Å². The quantitative estimate of drug-likeness (QED) is 0.636. The van der Waals surface area contributed by atoms with Gasteiger partial charge in [-0.05, 0) is 47.1 Å². The van der Waals surface area contributed by atoms with E-state index in [1.54, 1.807) is 12.1 Å². The highest BCUT2D eigenvalue weighted by atomic mass is 35.5. The second kappa shape index (κ2) is 6.27. The number of halogens is 1. The highest BCUT2D eigenvalue weighted by Gasteiger charge is 2.27. The van der Waals surface area contributed by atoms with Gasteiger partial charge in [-0.25, -0.2) is 0 Å². The van der Waals surface area contributed by atoms with E-state index in [2.05, 4.69) is 57.8 Å². The van der Waals surface area contributed by atoms with Crippen molar-refractivity contribution in [2.45, 2.75) is 58.8 Å². The number of phenolic OH excluding ortho intramolecular Hbond substituents is 1. The minimum atomic E-state index is -0.200. The van der Waals surface area contributed by atoms with Crippen molar-refractivity contribution in [3.8, 4) is 11.4 Å². The van der Waals surface area contributed by atoms with E-state index in [1.807, 2.05) is 12.1 Å². The monoisotopic (exact) mass is 371 g/mol. The molecule has 0 atom stereocenters. The maximum absolute atomic E-state index is 11.0. The molecular weight excluding hydrogens is 346 g/mol. The summed E-state index contributed by atoms with van der Waals surface area (Å²) in [7, 11) is 0. The van der Waals surface area contributed by atoms with Crippen LogP contribution in [0.25, 0.3) is 16.7 Å². The Hall–Kier alpha value is -2.07. The van der Waals surface area contributed by atoms with Crippen LogP contribution in [0.5, 0.6) is 5.75 Å². The van der Waals surface area contributed by atoms with Gasteiger partial charge >= 0.3 is 0 Å². The summed E-state index contributed by atoms with van der Waals surface area (Å²) >= 11 is 6.07. The second-order valence-corrected chi connectivity index (χ2v) is 8.94. The molecule has 5 heteroatoms. The number of benzene rings is 2. The van der Waals surface area contributed by atoms with Gasteiger partial charge < -0.3 is 5.11 Å². The molecule has 0 fully saturated rings. The summed E-state index contributed by atoms with van der Waals surface area (Å²) in [4.78, 5) is 1.51. The standard InChI is InChI=1S/C21H26ClN3O/c1-7-21(5,6)13-10-15(20(2,3)4)19(26)18(11-13)25-23-16-9-8-14(22)12-17(16)24-25/h8-12,26H,7H2,1-6H3. The number of hydrogen-bond acceptors (Lipinski definition) is 3. The number of aromatic hydroxyl groups is 1. The molecule has 1 heterocycles. The van der Waals surface area contributed by atoms with Crippen LogP contribution in [-0.2, 0) is 10.8 Å². The molecule has 0 aliphatic rings. The van der Waals surface area contributed by atoms with Crippen LogP contribution in [0.1, 0.15) is 59.1 Å². The normalized spacial score (nSPS) is 12.7. The number of phenols is 1. The van der Waals surface area contributed by atoms with Gasteiger partial charge in [0.05, 0.1) is 0 Å². The van der Waals surface area contributed by atoms with Crippen LogP contribution in [0.2, 0.25) is 5.02 Å². The van der Waals surface area contributed by atoms with Crippen molar-refractivity contribution in [3.63, 3.8) is 0 Å². The number of nitrogens with zero attached hydrogens (tertiary/aromatic N) is 3. The Morgan fingerprint density at radius 3 is 2.27 bits per heavy atom. The Morgan fingerprint density at radius 2 is 1.65 bits per heavy atom. The Labute approximate surface area is 159 Å². The van der Waals surface area contributed by atoms with Gasteiger partial charge in [-0.15, -0.1) is 15.0 Å². The Morgan fingerprint density at radius 1 is 1.00 bits per heavy atom. The topological polar surface area (TPSA) is 50.9 Å². The minimum absolute atomic E-state index is 0.0155. The largest absolute Gasteiger partial charge is 0.505 e. The smallest absolute Gasteiger partial charge is 0.146 e. The van der Waals surface area contributed by atoms with Gasteiger partial charge in [0.25, 0.3) is 0 Å². The molecule has 2 aromatic carbocycles. The van der Waals surface area contributed by atoms with E-state index in [0.29, 0.717) is 16.2 Å². The molecule has 1 aromatic heterocycles. The Kier molecular flexibility index (Phi) is 4.51. The summed E-state index contributed by atoms with van der Waals surface area (Å²) in [5.41, 5.74) is 3.89. The fourth-order valence-electron chi connectivity index (χ4n) is 2.93. The molecule has 0 spiro atoms. The minimum Gasteiger partial charge on any atom is -0.505 e. The van der Waals surface area contributed by atoms with Gasteiger partial charge in [0.15, 0.2) is 0 Å². The van der Waals surface area contributed by atoms with Crippen molar-refractivity contribution in [2.75, 3.05) is 0 Å². The summed E-state index contributed by atoms with van der Waals surface area (Å²) in [6.07, 6.45) is 0.991. The first kappa shape index (κ1) is 18.7. The zero-order valence-electron chi connectivity index (χ0n) is 16.3. The van der Waals surface area contributed by atoms with Crippen molar-refractivity contribution < 1.29 is 5.11 Å². The van der Waals surface area contributed by atoms with Crippen molar-refractivity contribution in [1.82, 2.24) is 15.0 Å². The zero-order valence-corrected chi connectivity index (χ0v) is 17.0. The fourth-order valence-corrected chi connectivity index (χ4v) is 3.10. The highest BCUT2D eigenvalue weighted by Crippen LogP contribution is 2.40. The van der Waals surface area contributed by atoms with Crippen LogP contribution in [0.15, 0.2) is 30.3 Å². The maximum Gasteiger partial charge on any atom is 0.146 e. The SMILES string of the molecule is CCC(C)(C)c1cc(-n2nc3ccc(Cl)cc3n2)c(O)c(C(C)(C)C)c1. The molecule has 138 valence electrons.